The third kappa shape index (κ3) is 4.62. The van der Waals surface area contributed by atoms with Crippen LogP contribution < -0.4 is 9.47 Å². The van der Waals surface area contributed by atoms with Gasteiger partial charge in [0.15, 0.2) is 23.1 Å². The molecule has 4 aromatic rings. The lowest BCUT2D eigenvalue weighted by molar-refractivity contribution is 0.0960. The largest absolute Gasteiger partial charge is 0.507 e. The van der Waals surface area contributed by atoms with Gasteiger partial charge in [-0.05, 0) is 84.0 Å². The lowest BCUT2D eigenvalue weighted by Crippen LogP contribution is -2.28. The number of aliphatic hydroxyl groups is 2. The van der Waals surface area contributed by atoms with Crippen molar-refractivity contribution in [2.45, 2.75) is 58.2 Å². The van der Waals surface area contributed by atoms with Gasteiger partial charge in [0.05, 0.1) is 48.7 Å². The van der Waals surface area contributed by atoms with Crippen LogP contribution in [0.1, 0.15) is 136 Å². The summed E-state index contributed by atoms with van der Waals surface area (Å²) in [4.78, 5) is 56.5. The topological polar surface area (TPSA) is 168 Å². The number of carbonyl (C=O) groups excluding carboxylic acids is 4. The summed E-state index contributed by atoms with van der Waals surface area (Å²) in [6, 6.07) is 9.49. The van der Waals surface area contributed by atoms with Crippen LogP contribution in [-0.2, 0) is 19.3 Å². The number of hydrogen-bond donors (Lipinski definition) is 4. The smallest absolute Gasteiger partial charge is 0.198 e. The number of ketones is 4. The van der Waals surface area contributed by atoms with Gasteiger partial charge in [0.2, 0.25) is 0 Å². The van der Waals surface area contributed by atoms with Crippen molar-refractivity contribution in [1.29, 1.82) is 0 Å². The Kier molecular flexibility index (Phi) is 7.48. The van der Waals surface area contributed by atoms with Crippen molar-refractivity contribution in [1.82, 2.24) is 0 Å². The first-order chi connectivity index (χ1) is 24.4. The molecule has 0 bridgehead atoms. The summed E-state index contributed by atoms with van der Waals surface area (Å²) < 4.78 is 11.2. The van der Waals surface area contributed by atoms with Crippen LogP contribution in [0.3, 0.4) is 0 Å². The molecule has 0 aliphatic heterocycles. The molecule has 4 N–H and O–H groups in total. The third-order valence-electron chi connectivity index (χ3n) is 11.1. The van der Waals surface area contributed by atoms with E-state index in [4.69, 9.17) is 9.47 Å². The Morgan fingerprint density at radius 3 is 1.35 bits per heavy atom. The van der Waals surface area contributed by atoms with Crippen LogP contribution in [0.25, 0.3) is 0 Å². The molecule has 4 aromatic carbocycles. The summed E-state index contributed by atoms with van der Waals surface area (Å²) in [5, 5.41) is 45.7. The van der Waals surface area contributed by atoms with E-state index in [9.17, 15) is 39.6 Å². The van der Waals surface area contributed by atoms with Crippen molar-refractivity contribution in [2.24, 2.45) is 11.8 Å². The number of hydrogen-bond acceptors (Lipinski definition) is 10. The van der Waals surface area contributed by atoms with E-state index in [1.807, 2.05) is 13.8 Å². The van der Waals surface area contributed by atoms with E-state index in [0.29, 0.717) is 36.8 Å². The van der Waals surface area contributed by atoms with Gasteiger partial charge in [-0.1, -0.05) is 26.0 Å². The first-order valence-electron chi connectivity index (χ1n) is 17.1. The van der Waals surface area contributed by atoms with Crippen molar-refractivity contribution in [2.75, 3.05) is 14.2 Å². The molecule has 0 fully saturated rings. The second kappa shape index (κ2) is 11.6. The second-order valence-electron chi connectivity index (χ2n) is 14.4. The minimum absolute atomic E-state index is 0.0214. The van der Waals surface area contributed by atoms with Crippen LogP contribution in [0.4, 0.5) is 0 Å². The Balaban J connectivity index is 1.27. The summed E-state index contributed by atoms with van der Waals surface area (Å²) >= 11 is 0. The molecule has 0 radical (unpaired) electrons. The maximum Gasteiger partial charge on any atom is 0.198 e. The van der Waals surface area contributed by atoms with E-state index in [1.54, 1.807) is 24.3 Å². The summed E-state index contributed by atoms with van der Waals surface area (Å²) in [5.41, 5.74) is 2.08. The molecular formula is C41H36O10. The number of ether oxygens (including phenoxy) is 2. The number of aromatic hydroxyl groups is 2. The Morgan fingerprint density at radius 2 is 0.980 bits per heavy atom. The Labute approximate surface area is 293 Å². The number of fused-ring (bicyclic) bond motifs is 8. The van der Waals surface area contributed by atoms with Crippen molar-refractivity contribution >= 4 is 23.1 Å². The van der Waals surface area contributed by atoms with Crippen molar-refractivity contribution in [3.63, 3.8) is 0 Å². The molecule has 0 amide bonds. The normalized spacial score (nSPS) is 21.6. The average Bonchev–Trinajstić information content (AvgIpc) is 3.09. The highest BCUT2D eigenvalue weighted by Gasteiger charge is 2.43. The number of phenols is 2. The second-order valence-corrected chi connectivity index (χ2v) is 14.4. The number of rotatable bonds is 4. The van der Waals surface area contributed by atoms with Gasteiger partial charge in [0, 0.05) is 39.8 Å². The number of phenolic OH excluding ortho intramolecular Hbond substituents is 2. The van der Waals surface area contributed by atoms with E-state index in [-0.39, 0.29) is 85.4 Å². The SMILES string of the molecule is COc1cc(Cc2cc(OC)c3c(c2O)C(=O)c2c(ccc4c2[C@@H](O)C[C@@H](C)C4)C3=O)c(O)c2c1C(=O)c1ccc3c(c1C2=O)[C@@H](O)C[C@@H](C)C3. The quantitative estimate of drug-likeness (QED) is 0.186. The zero-order valence-electron chi connectivity index (χ0n) is 28.5. The monoisotopic (exact) mass is 688 g/mol. The van der Waals surface area contributed by atoms with Gasteiger partial charge in [-0.25, -0.2) is 0 Å². The molecule has 51 heavy (non-hydrogen) atoms. The maximum absolute atomic E-state index is 14.3. The molecule has 10 nitrogen and oxygen atoms in total. The fraction of sp³-hybridized carbons (Fsp3) is 0.317. The lowest BCUT2D eigenvalue weighted by Gasteiger charge is -2.32. The predicted octanol–water partition coefficient (Wildman–Crippen LogP) is 5.49. The third-order valence-corrected chi connectivity index (χ3v) is 11.1. The van der Waals surface area contributed by atoms with Gasteiger partial charge >= 0.3 is 0 Å². The first kappa shape index (κ1) is 32.9. The summed E-state index contributed by atoms with van der Waals surface area (Å²) in [6.45, 7) is 4.00. The van der Waals surface area contributed by atoms with Gasteiger partial charge in [-0.2, -0.15) is 0 Å². The molecular weight excluding hydrogens is 652 g/mol. The van der Waals surface area contributed by atoms with Crippen LogP contribution >= 0.6 is 0 Å². The fourth-order valence-electron chi connectivity index (χ4n) is 8.84. The molecule has 8 rings (SSSR count). The number of methoxy groups -OCH3 is 2. The fourth-order valence-corrected chi connectivity index (χ4v) is 8.84. The Morgan fingerprint density at radius 1 is 0.588 bits per heavy atom. The molecule has 0 unspecified atom stereocenters. The van der Waals surface area contributed by atoms with E-state index < -0.39 is 46.8 Å². The average molecular weight is 689 g/mol. The van der Waals surface area contributed by atoms with E-state index in [0.717, 1.165) is 11.1 Å². The van der Waals surface area contributed by atoms with E-state index in [2.05, 4.69) is 0 Å². The molecule has 4 aliphatic rings. The summed E-state index contributed by atoms with van der Waals surface area (Å²) in [7, 11) is 2.66. The molecule has 4 atom stereocenters. The first-order valence-corrected chi connectivity index (χ1v) is 17.1. The van der Waals surface area contributed by atoms with Gasteiger partial charge in [0.1, 0.15) is 23.0 Å². The summed E-state index contributed by atoms with van der Waals surface area (Å²) in [6.07, 6.45) is -0.120. The van der Waals surface area contributed by atoms with Crippen molar-refractivity contribution in [3.05, 3.63) is 114 Å². The molecule has 0 spiro atoms. The van der Waals surface area contributed by atoms with Crippen LogP contribution in [0, 0.1) is 11.8 Å². The van der Waals surface area contributed by atoms with Gasteiger partial charge in [0.25, 0.3) is 0 Å². The minimum atomic E-state index is -0.968. The number of benzene rings is 4. The van der Waals surface area contributed by atoms with Crippen LogP contribution in [0.5, 0.6) is 23.0 Å². The van der Waals surface area contributed by atoms with Gasteiger partial charge in [-0.3, -0.25) is 19.2 Å². The highest BCUT2D eigenvalue weighted by molar-refractivity contribution is 6.32. The van der Waals surface area contributed by atoms with Gasteiger partial charge in [-0.15, -0.1) is 0 Å². The van der Waals surface area contributed by atoms with E-state index in [1.165, 1.54) is 26.4 Å². The molecule has 4 aliphatic carbocycles. The minimum Gasteiger partial charge on any atom is -0.507 e. The number of carbonyl (C=O) groups is 4. The standard InChI is InChI=1S/C41H36O10/c1-16-9-18-5-7-22-30(28(18)24(42)11-16)40(48)34-32(38(22)46)26(50-3)14-20(36(34)44)13-21-15-27(51-4)33-35(37(21)45)41(49)31-23(39(33)47)8-6-19-10-17(2)12-25(43)29(19)31/h5-8,14-17,24-25,42-45H,9-13H2,1-4H3/t16-,17-,24-,25-/m0/s1. The van der Waals surface area contributed by atoms with Crippen LogP contribution in [0.2, 0.25) is 0 Å². The molecule has 260 valence electrons. The zero-order valence-corrected chi connectivity index (χ0v) is 28.5. The number of aliphatic hydroxyl groups excluding tert-OH is 2. The van der Waals surface area contributed by atoms with Crippen LogP contribution in [0.15, 0.2) is 36.4 Å². The Hall–Kier alpha value is -5.32. The molecule has 0 saturated carbocycles. The van der Waals surface area contributed by atoms with E-state index >= 15 is 0 Å². The zero-order chi connectivity index (χ0) is 36.2. The molecule has 0 saturated heterocycles. The Bertz CT molecular complexity index is 2120. The van der Waals surface area contributed by atoms with Crippen molar-refractivity contribution < 1.29 is 49.1 Å². The van der Waals surface area contributed by atoms with Gasteiger partial charge < -0.3 is 29.9 Å². The highest BCUT2D eigenvalue weighted by atomic mass is 16.5. The molecule has 0 heterocycles. The lowest BCUT2D eigenvalue weighted by atomic mass is 9.73. The molecule has 0 aromatic heterocycles. The van der Waals surface area contributed by atoms with Crippen LogP contribution in [-0.4, -0.2) is 57.8 Å². The molecule has 10 heteroatoms. The predicted molar refractivity (Wildman–Crippen MR) is 184 cm³/mol. The summed E-state index contributed by atoms with van der Waals surface area (Å²) in [5.74, 6) is -2.98. The highest BCUT2D eigenvalue weighted by Crippen LogP contribution is 2.48. The maximum atomic E-state index is 14.3. The van der Waals surface area contributed by atoms with Crippen molar-refractivity contribution in [3.8, 4) is 23.0 Å².